The lowest BCUT2D eigenvalue weighted by Crippen LogP contribution is -2.29. The van der Waals surface area contributed by atoms with E-state index in [1.807, 2.05) is 0 Å². The van der Waals surface area contributed by atoms with Crippen molar-refractivity contribution in [2.45, 2.75) is 19.1 Å². The molecular formula is C25H20F3NO5S. The quantitative estimate of drug-likeness (QED) is 0.274. The molecule has 1 saturated heterocycles. The summed E-state index contributed by atoms with van der Waals surface area (Å²) in [7, 11) is 2.84. The fraction of sp³-hybridized carbons (Fsp3) is 0.200. The van der Waals surface area contributed by atoms with Crippen LogP contribution in [0.2, 0.25) is 0 Å². The van der Waals surface area contributed by atoms with E-state index in [0.29, 0.717) is 10.6 Å². The third-order valence-corrected chi connectivity index (χ3v) is 6.80. The molecule has 1 N–H and O–H groups in total. The summed E-state index contributed by atoms with van der Waals surface area (Å²) in [6, 6.07) is 9.30. The van der Waals surface area contributed by atoms with Crippen molar-refractivity contribution in [1.29, 1.82) is 0 Å². The second kappa shape index (κ2) is 9.10. The summed E-state index contributed by atoms with van der Waals surface area (Å²) in [6.07, 6.45) is -4.55. The lowest BCUT2D eigenvalue weighted by Gasteiger charge is -2.25. The molecule has 10 heteroatoms. The lowest BCUT2D eigenvalue weighted by molar-refractivity contribution is -0.137. The molecule has 2 heterocycles. The van der Waals surface area contributed by atoms with Crippen LogP contribution in [0, 0.1) is 6.92 Å². The third-order valence-electron chi connectivity index (χ3n) is 5.73. The number of nitrogens with zero attached hydrogens (tertiary/aromatic N) is 1. The summed E-state index contributed by atoms with van der Waals surface area (Å²) in [4.78, 5) is 28.1. The minimum atomic E-state index is -4.55. The second-order valence-corrected chi connectivity index (χ2v) is 8.70. The van der Waals surface area contributed by atoms with Crippen molar-refractivity contribution in [1.82, 2.24) is 0 Å². The molecule has 6 nitrogen and oxygen atoms in total. The van der Waals surface area contributed by atoms with Crippen molar-refractivity contribution in [2.75, 3.05) is 19.1 Å². The van der Waals surface area contributed by atoms with Crippen molar-refractivity contribution >= 4 is 34.5 Å². The lowest BCUT2D eigenvalue weighted by atomic mass is 9.97. The van der Waals surface area contributed by atoms with E-state index in [-0.39, 0.29) is 22.6 Å². The number of anilines is 1. The van der Waals surface area contributed by atoms with Gasteiger partial charge in [0.05, 0.1) is 30.9 Å². The molecule has 0 spiro atoms. The molecule has 4 rings (SSSR count). The van der Waals surface area contributed by atoms with Gasteiger partial charge in [0.2, 0.25) is 0 Å². The zero-order chi connectivity index (χ0) is 25.5. The van der Waals surface area contributed by atoms with E-state index in [1.54, 1.807) is 24.4 Å². The molecule has 1 fully saturated rings. The van der Waals surface area contributed by atoms with Crippen LogP contribution in [-0.4, -0.2) is 31.0 Å². The molecule has 0 radical (unpaired) electrons. The first-order chi connectivity index (χ1) is 16.6. The number of aliphatic hydroxyl groups is 1. The highest BCUT2D eigenvalue weighted by Crippen LogP contribution is 2.46. The van der Waals surface area contributed by atoms with Crippen LogP contribution in [-0.2, 0) is 15.8 Å². The van der Waals surface area contributed by atoms with Crippen LogP contribution in [0.1, 0.15) is 27.6 Å². The van der Waals surface area contributed by atoms with Gasteiger partial charge in [0.15, 0.2) is 0 Å². The Bertz CT molecular complexity index is 1330. The van der Waals surface area contributed by atoms with Gasteiger partial charge in [-0.2, -0.15) is 13.2 Å². The monoisotopic (exact) mass is 503 g/mol. The third kappa shape index (κ3) is 4.25. The summed E-state index contributed by atoms with van der Waals surface area (Å²) in [5.41, 5.74) is -0.0587. The first-order valence-electron chi connectivity index (χ1n) is 10.3. The first-order valence-corrected chi connectivity index (χ1v) is 11.2. The maximum absolute atomic E-state index is 13.2. The molecule has 3 aromatic rings. The standard InChI is InChI=1S/C25H20F3NO5S/c1-13-10-11-35-23(13)20-19(21(30)17-9-8-16(33-2)12-18(17)34-3)22(31)24(32)29(20)15-6-4-14(5-7-15)25(26,27)28/h4-12,20,30H,1-3H3/b21-19+. The molecule has 182 valence electrons. The maximum Gasteiger partial charge on any atom is 0.416 e. The number of Topliss-reactive ketones (excluding diaryl/α,β-unsaturated/α-hetero) is 1. The first kappa shape index (κ1) is 24.3. The number of amides is 1. The number of carbonyl (C=O) groups excluding carboxylic acids is 2. The number of methoxy groups -OCH3 is 2. The van der Waals surface area contributed by atoms with Crippen molar-refractivity contribution in [3.63, 3.8) is 0 Å². The van der Waals surface area contributed by atoms with Crippen molar-refractivity contribution in [3.8, 4) is 11.5 Å². The molecule has 1 unspecified atom stereocenters. The Morgan fingerprint density at radius 2 is 1.71 bits per heavy atom. The largest absolute Gasteiger partial charge is 0.507 e. The molecule has 2 aromatic carbocycles. The Labute approximate surface area is 202 Å². The van der Waals surface area contributed by atoms with Gasteiger partial charge >= 0.3 is 6.18 Å². The normalized spacial score (nSPS) is 17.7. The highest BCUT2D eigenvalue weighted by Gasteiger charge is 2.48. The predicted octanol–water partition coefficient (Wildman–Crippen LogP) is 5.72. The van der Waals surface area contributed by atoms with Crippen molar-refractivity contribution in [2.24, 2.45) is 0 Å². The van der Waals surface area contributed by atoms with Crippen molar-refractivity contribution in [3.05, 3.63) is 81.1 Å². The molecule has 35 heavy (non-hydrogen) atoms. The average molecular weight is 503 g/mol. The van der Waals surface area contributed by atoms with E-state index in [1.165, 1.54) is 37.7 Å². The summed E-state index contributed by atoms with van der Waals surface area (Å²) in [5.74, 6) is -1.72. The van der Waals surface area contributed by atoms with E-state index in [4.69, 9.17) is 9.47 Å². The Balaban J connectivity index is 1.92. The highest BCUT2D eigenvalue weighted by molar-refractivity contribution is 7.10. The summed E-state index contributed by atoms with van der Waals surface area (Å²) >= 11 is 1.27. The topological polar surface area (TPSA) is 76.1 Å². The predicted molar refractivity (Wildman–Crippen MR) is 125 cm³/mol. The van der Waals surface area contributed by atoms with Gasteiger partial charge in [-0.3, -0.25) is 14.5 Å². The minimum absolute atomic E-state index is 0.0960. The van der Waals surface area contributed by atoms with Gasteiger partial charge in [0.25, 0.3) is 11.7 Å². The van der Waals surface area contributed by atoms with Gasteiger partial charge in [-0.05, 0) is 60.3 Å². The average Bonchev–Trinajstić information content (AvgIpc) is 3.37. The smallest absolute Gasteiger partial charge is 0.416 e. The number of rotatable bonds is 5. The van der Waals surface area contributed by atoms with Crippen LogP contribution in [0.4, 0.5) is 18.9 Å². The molecule has 1 amide bonds. The minimum Gasteiger partial charge on any atom is -0.507 e. The number of thiophene rings is 1. The maximum atomic E-state index is 13.2. The van der Waals surface area contributed by atoms with Gasteiger partial charge < -0.3 is 14.6 Å². The molecule has 1 aliphatic heterocycles. The van der Waals surface area contributed by atoms with Gasteiger partial charge in [0, 0.05) is 16.6 Å². The van der Waals surface area contributed by atoms with Crippen LogP contribution in [0.15, 0.2) is 59.5 Å². The summed E-state index contributed by atoms with van der Waals surface area (Å²) < 4.78 is 49.7. The zero-order valence-electron chi connectivity index (χ0n) is 18.8. The van der Waals surface area contributed by atoms with E-state index in [2.05, 4.69) is 0 Å². The van der Waals surface area contributed by atoms with Crippen molar-refractivity contribution < 1.29 is 37.3 Å². The number of benzene rings is 2. The van der Waals surface area contributed by atoms with Gasteiger partial charge in [-0.1, -0.05) is 0 Å². The Kier molecular flexibility index (Phi) is 6.33. The van der Waals surface area contributed by atoms with Gasteiger partial charge in [-0.25, -0.2) is 0 Å². The number of aryl methyl sites for hydroxylation is 1. The van der Waals surface area contributed by atoms with E-state index in [9.17, 15) is 27.9 Å². The molecule has 1 aromatic heterocycles. The fourth-order valence-corrected chi connectivity index (χ4v) is 4.99. The van der Waals surface area contributed by atoms with E-state index >= 15 is 0 Å². The molecular weight excluding hydrogens is 483 g/mol. The Hall–Kier alpha value is -3.79. The number of hydrogen-bond acceptors (Lipinski definition) is 6. The Morgan fingerprint density at radius 3 is 2.26 bits per heavy atom. The molecule has 0 bridgehead atoms. The molecule has 1 atom stereocenters. The SMILES string of the molecule is COc1ccc(/C(O)=C2\C(=O)C(=O)N(c3ccc(C(F)(F)F)cc3)C2c2sccc2C)c(OC)c1. The van der Waals surface area contributed by atoms with Crippen LogP contribution in [0.3, 0.4) is 0 Å². The van der Waals surface area contributed by atoms with Crippen LogP contribution in [0.5, 0.6) is 11.5 Å². The summed E-state index contributed by atoms with van der Waals surface area (Å²) in [5, 5.41) is 13.0. The van der Waals surface area contributed by atoms with E-state index < -0.39 is 35.2 Å². The fourth-order valence-electron chi connectivity index (χ4n) is 3.96. The van der Waals surface area contributed by atoms with Gasteiger partial charge in [-0.15, -0.1) is 11.3 Å². The highest BCUT2D eigenvalue weighted by atomic mass is 32.1. The number of alkyl halides is 3. The Morgan fingerprint density at radius 1 is 1.03 bits per heavy atom. The number of halogens is 3. The second-order valence-electron chi connectivity index (χ2n) is 7.75. The van der Waals surface area contributed by atoms with Crippen LogP contribution in [0.25, 0.3) is 5.76 Å². The molecule has 1 aliphatic rings. The molecule has 0 saturated carbocycles. The number of hydrogen-bond donors (Lipinski definition) is 1. The molecule has 0 aliphatic carbocycles. The van der Waals surface area contributed by atoms with Gasteiger partial charge in [0.1, 0.15) is 23.3 Å². The number of aliphatic hydroxyl groups excluding tert-OH is 1. The summed E-state index contributed by atoms with van der Waals surface area (Å²) in [6.45, 7) is 1.78. The zero-order valence-corrected chi connectivity index (χ0v) is 19.7. The van der Waals surface area contributed by atoms with E-state index in [0.717, 1.165) is 34.7 Å². The van der Waals surface area contributed by atoms with Crippen LogP contribution >= 0.6 is 11.3 Å². The number of carbonyl (C=O) groups is 2. The van der Waals surface area contributed by atoms with Crippen LogP contribution < -0.4 is 14.4 Å². The number of ether oxygens (including phenoxy) is 2. The number of ketones is 1.